The second kappa shape index (κ2) is 9.38. The molecule has 1 saturated heterocycles. The lowest BCUT2D eigenvalue weighted by Crippen LogP contribution is -2.46. The van der Waals surface area contributed by atoms with E-state index in [4.69, 9.17) is 9.72 Å². The summed E-state index contributed by atoms with van der Waals surface area (Å²) < 4.78 is 7.08. The van der Waals surface area contributed by atoms with Crippen LogP contribution in [0.2, 0.25) is 0 Å². The summed E-state index contributed by atoms with van der Waals surface area (Å²) in [5.41, 5.74) is 4.18. The van der Waals surface area contributed by atoms with Gasteiger partial charge in [-0.1, -0.05) is 24.6 Å². The van der Waals surface area contributed by atoms with Crippen molar-refractivity contribution in [2.45, 2.75) is 51.8 Å². The largest absolute Gasteiger partial charge is 0.376 e. The standard InChI is InChI=1S/C25H31N5O2/c1-18-14-24(27-23-8-3-2-7-21(18)23)26-16-20-6-4-5-10-29(20)11-12-30-25(31)15-19-17-32-13-9-22(19)28-30/h2-3,7-8,14-15,20H,4-6,9-13,16-17H2,1H3,(H,26,27). The van der Waals surface area contributed by atoms with E-state index in [0.717, 1.165) is 55.1 Å². The number of pyridine rings is 1. The number of benzene rings is 1. The van der Waals surface area contributed by atoms with E-state index in [1.54, 1.807) is 10.7 Å². The van der Waals surface area contributed by atoms with Gasteiger partial charge in [0.25, 0.3) is 5.56 Å². The van der Waals surface area contributed by atoms with Crippen LogP contribution in [0.5, 0.6) is 0 Å². The first-order valence-electron chi connectivity index (χ1n) is 11.7. The van der Waals surface area contributed by atoms with Crippen molar-refractivity contribution < 1.29 is 4.74 Å². The molecule has 3 aromatic rings. The average molecular weight is 434 g/mol. The summed E-state index contributed by atoms with van der Waals surface area (Å²) in [6.45, 7) is 6.69. The van der Waals surface area contributed by atoms with Gasteiger partial charge in [0.15, 0.2) is 0 Å². The monoisotopic (exact) mass is 433 g/mol. The second-order valence-electron chi connectivity index (χ2n) is 8.89. The smallest absolute Gasteiger partial charge is 0.267 e. The van der Waals surface area contributed by atoms with Gasteiger partial charge in [-0.25, -0.2) is 9.67 Å². The number of aryl methyl sites for hydroxylation is 1. The second-order valence-corrected chi connectivity index (χ2v) is 8.89. The molecule has 7 heteroatoms. The fraction of sp³-hybridized carbons (Fsp3) is 0.480. The SMILES string of the molecule is Cc1cc(NCC2CCCCN2CCn2nc3c(cc2=O)COCC3)nc2ccccc12. The first-order chi connectivity index (χ1) is 15.7. The third-order valence-corrected chi connectivity index (χ3v) is 6.69. The van der Waals surface area contributed by atoms with Crippen LogP contribution in [0.4, 0.5) is 5.82 Å². The maximum atomic E-state index is 12.5. The fourth-order valence-corrected chi connectivity index (χ4v) is 4.88. The van der Waals surface area contributed by atoms with E-state index >= 15 is 0 Å². The van der Waals surface area contributed by atoms with Crippen molar-refractivity contribution in [3.8, 4) is 0 Å². The Morgan fingerprint density at radius 2 is 2.09 bits per heavy atom. The average Bonchev–Trinajstić information content (AvgIpc) is 2.82. The number of rotatable bonds is 6. The van der Waals surface area contributed by atoms with Crippen molar-refractivity contribution in [3.63, 3.8) is 0 Å². The molecule has 32 heavy (non-hydrogen) atoms. The summed E-state index contributed by atoms with van der Waals surface area (Å²) in [5.74, 6) is 0.932. The zero-order chi connectivity index (χ0) is 21.9. The maximum absolute atomic E-state index is 12.5. The van der Waals surface area contributed by atoms with E-state index in [9.17, 15) is 4.79 Å². The molecule has 0 radical (unpaired) electrons. The third kappa shape index (κ3) is 4.54. The number of hydrogen-bond donors (Lipinski definition) is 1. The van der Waals surface area contributed by atoms with Crippen molar-refractivity contribution in [3.05, 3.63) is 63.6 Å². The van der Waals surface area contributed by atoms with Gasteiger partial charge in [-0.05, 0) is 44.0 Å². The number of nitrogens with zero attached hydrogens (tertiary/aromatic N) is 4. The molecule has 0 bridgehead atoms. The predicted molar refractivity (Wildman–Crippen MR) is 126 cm³/mol. The van der Waals surface area contributed by atoms with Gasteiger partial charge in [-0.3, -0.25) is 9.69 Å². The Labute approximate surface area is 188 Å². The summed E-state index contributed by atoms with van der Waals surface area (Å²) >= 11 is 0. The van der Waals surface area contributed by atoms with Gasteiger partial charge in [0.2, 0.25) is 0 Å². The van der Waals surface area contributed by atoms with Crippen LogP contribution in [0.25, 0.3) is 10.9 Å². The lowest BCUT2D eigenvalue weighted by atomic mass is 10.0. The van der Waals surface area contributed by atoms with Gasteiger partial charge in [0.1, 0.15) is 5.82 Å². The number of piperidine rings is 1. The molecule has 4 heterocycles. The van der Waals surface area contributed by atoms with Gasteiger partial charge in [0, 0.05) is 42.6 Å². The normalized spacial score (nSPS) is 19.1. The minimum Gasteiger partial charge on any atom is -0.376 e. The van der Waals surface area contributed by atoms with Crippen LogP contribution >= 0.6 is 0 Å². The van der Waals surface area contributed by atoms with Gasteiger partial charge < -0.3 is 10.1 Å². The predicted octanol–water partition coefficient (Wildman–Crippen LogP) is 3.14. The third-order valence-electron chi connectivity index (χ3n) is 6.69. The van der Waals surface area contributed by atoms with Crippen LogP contribution in [-0.2, 0) is 24.3 Å². The van der Waals surface area contributed by atoms with Gasteiger partial charge in [-0.2, -0.15) is 5.10 Å². The number of para-hydroxylation sites is 1. The molecule has 1 N–H and O–H groups in total. The lowest BCUT2D eigenvalue weighted by Gasteiger charge is -2.36. The number of fused-ring (bicyclic) bond motifs is 2. The number of likely N-dealkylation sites (tertiary alicyclic amines) is 1. The number of ether oxygens (including phenoxy) is 1. The first kappa shape index (κ1) is 21.1. The van der Waals surface area contributed by atoms with Gasteiger partial charge in [-0.15, -0.1) is 0 Å². The first-order valence-corrected chi connectivity index (χ1v) is 11.7. The molecular formula is C25H31N5O2. The molecule has 0 amide bonds. The molecule has 2 aliphatic rings. The Morgan fingerprint density at radius 3 is 3.03 bits per heavy atom. The molecule has 2 aromatic heterocycles. The molecule has 1 unspecified atom stereocenters. The van der Waals surface area contributed by atoms with E-state index in [0.29, 0.717) is 25.8 Å². The Balaban J connectivity index is 1.24. The lowest BCUT2D eigenvalue weighted by molar-refractivity contribution is 0.107. The van der Waals surface area contributed by atoms with Crippen LogP contribution < -0.4 is 10.9 Å². The molecule has 0 saturated carbocycles. The van der Waals surface area contributed by atoms with Gasteiger partial charge in [0.05, 0.1) is 31.0 Å². The molecule has 0 spiro atoms. The van der Waals surface area contributed by atoms with Crippen LogP contribution in [0.15, 0.2) is 41.2 Å². The molecule has 168 valence electrons. The number of aromatic nitrogens is 3. The van der Waals surface area contributed by atoms with Crippen LogP contribution in [0, 0.1) is 6.92 Å². The highest BCUT2D eigenvalue weighted by molar-refractivity contribution is 5.83. The fourth-order valence-electron chi connectivity index (χ4n) is 4.88. The van der Waals surface area contributed by atoms with Crippen LogP contribution in [0.3, 0.4) is 0 Å². The zero-order valence-corrected chi connectivity index (χ0v) is 18.7. The topological polar surface area (TPSA) is 72.3 Å². The molecule has 1 aromatic carbocycles. The van der Waals surface area contributed by atoms with Crippen molar-refractivity contribution >= 4 is 16.7 Å². The molecule has 1 fully saturated rings. The van der Waals surface area contributed by atoms with E-state index < -0.39 is 0 Å². The van der Waals surface area contributed by atoms with E-state index in [2.05, 4.69) is 46.5 Å². The summed E-state index contributed by atoms with van der Waals surface area (Å²) in [7, 11) is 0. The highest BCUT2D eigenvalue weighted by Gasteiger charge is 2.23. The summed E-state index contributed by atoms with van der Waals surface area (Å²) in [6.07, 6.45) is 4.38. The zero-order valence-electron chi connectivity index (χ0n) is 18.7. The quantitative estimate of drug-likeness (QED) is 0.644. The van der Waals surface area contributed by atoms with Crippen LogP contribution in [0.1, 0.15) is 36.1 Å². The number of anilines is 1. The number of nitrogens with one attached hydrogen (secondary N) is 1. The molecule has 2 aliphatic heterocycles. The summed E-state index contributed by atoms with van der Waals surface area (Å²) in [6, 6.07) is 12.5. The minimum absolute atomic E-state index is 0.0308. The summed E-state index contributed by atoms with van der Waals surface area (Å²) in [4.78, 5) is 19.8. The van der Waals surface area contributed by atoms with E-state index in [-0.39, 0.29) is 5.56 Å². The Morgan fingerprint density at radius 1 is 1.19 bits per heavy atom. The van der Waals surface area contributed by atoms with E-state index in [1.807, 2.05) is 6.07 Å². The Bertz CT molecular complexity index is 1160. The molecule has 1 atom stereocenters. The van der Waals surface area contributed by atoms with Gasteiger partial charge >= 0.3 is 0 Å². The van der Waals surface area contributed by atoms with Crippen LogP contribution in [-0.4, -0.2) is 51.9 Å². The highest BCUT2D eigenvalue weighted by Crippen LogP contribution is 2.21. The Hall–Kier alpha value is -2.77. The van der Waals surface area contributed by atoms with Crippen molar-refractivity contribution in [2.75, 3.05) is 31.6 Å². The van der Waals surface area contributed by atoms with Crippen molar-refractivity contribution in [1.29, 1.82) is 0 Å². The Kier molecular flexibility index (Phi) is 6.19. The summed E-state index contributed by atoms with van der Waals surface area (Å²) in [5, 5.41) is 9.40. The highest BCUT2D eigenvalue weighted by atomic mass is 16.5. The molecular weight excluding hydrogens is 402 g/mol. The molecule has 5 rings (SSSR count). The maximum Gasteiger partial charge on any atom is 0.267 e. The minimum atomic E-state index is -0.0308. The van der Waals surface area contributed by atoms with E-state index in [1.165, 1.54) is 23.8 Å². The van der Waals surface area contributed by atoms with Crippen molar-refractivity contribution in [1.82, 2.24) is 19.7 Å². The molecule has 7 nitrogen and oxygen atoms in total. The van der Waals surface area contributed by atoms with Crippen molar-refractivity contribution in [2.24, 2.45) is 0 Å². The number of hydrogen-bond acceptors (Lipinski definition) is 6. The molecule has 0 aliphatic carbocycles.